The van der Waals surface area contributed by atoms with Crippen molar-refractivity contribution in [3.05, 3.63) is 59.5 Å². The Labute approximate surface area is 180 Å². The lowest BCUT2D eigenvalue weighted by atomic mass is 10.1. The van der Waals surface area contributed by atoms with Gasteiger partial charge >= 0.3 is 0 Å². The van der Waals surface area contributed by atoms with E-state index >= 15 is 0 Å². The third-order valence-corrected chi connectivity index (χ3v) is 5.44. The second-order valence-corrected chi connectivity index (χ2v) is 7.83. The Morgan fingerprint density at radius 3 is 2.55 bits per heavy atom. The van der Waals surface area contributed by atoms with E-state index in [4.69, 9.17) is 5.73 Å². The molecule has 1 aliphatic rings. The molecule has 1 aliphatic carbocycles. The first kappa shape index (κ1) is 20.7. The van der Waals surface area contributed by atoms with Gasteiger partial charge in [0.25, 0.3) is 5.91 Å². The Bertz CT molecular complexity index is 1150. The van der Waals surface area contributed by atoms with Crippen LogP contribution in [0.1, 0.15) is 41.6 Å². The molecule has 0 radical (unpaired) electrons. The third kappa shape index (κ3) is 4.63. The number of carbonyl (C=O) groups is 3. The Morgan fingerprint density at radius 2 is 1.84 bits per heavy atom. The normalized spacial score (nSPS) is 13.3. The monoisotopic (exact) mass is 419 g/mol. The van der Waals surface area contributed by atoms with Gasteiger partial charge in [0.2, 0.25) is 5.91 Å². The van der Waals surface area contributed by atoms with Crippen LogP contribution >= 0.6 is 0 Å². The molecule has 8 heteroatoms. The lowest BCUT2D eigenvalue weighted by Crippen LogP contribution is -2.40. The Hall–Kier alpha value is -3.55. The van der Waals surface area contributed by atoms with Crippen molar-refractivity contribution >= 4 is 28.5 Å². The zero-order chi connectivity index (χ0) is 22.0. The van der Waals surface area contributed by atoms with Crippen LogP contribution < -0.4 is 5.73 Å². The maximum absolute atomic E-state index is 13.1. The molecule has 1 fully saturated rings. The van der Waals surface area contributed by atoms with Gasteiger partial charge in [-0.15, -0.1) is 0 Å². The van der Waals surface area contributed by atoms with Gasteiger partial charge in [-0.1, -0.05) is 31.2 Å². The van der Waals surface area contributed by atoms with Gasteiger partial charge in [0.15, 0.2) is 11.5 Å². The van der Waals surface area contributed by atoms with Crippen LogP contribution in [0.25, 0.3) is 10.9 Å². The van der Waals surface area contributed by atoms with Gasteiger partial charge in [-0.05, 0) is 37.5 Å². The SMILES string of the molecule is CCc1cccc(CC(=O)CN(C(=O)Cn2nc(C(N)=O)c3ccccc32)C2CC2)n1. The minimum absolute atomic E-state index is 0.0450. The number of primary amides is 1. The second kappa shape index (κ2) is 8.67. The van der Waals surface area contributed by atoms with Gasteiger partial charge in [-0.2, -0.15) is 5.10 Å². The highest BCUT2D eigenvalue weighted by Crippen LogP contribution is 2.27. The zero-order valence-corrected chi connectivity index (χ0v) is 17.5. The maximum atomic E-state index is 13.1. The van der Waals surface area contributed by atoms with Crippen molar-refractivity contribution in [1.82, 2.24) is 19.7 Å². The highest BCUT2D eigenvalue weighted by molar-refractivity contribution is 6.04. The standard InChI is InChI=1S/C23H25N5O3/c1-2-15-6-5-7-16(25-15)12-18(29)13-27(17-10-11-17)21(30)14-28-20-9-4-3-8-19(20)22(26-28)23(24)31/h3-9,17H,2,10-14H2,1H3,(H2,24,31). The topological polar surface area (TPSA) is 111 Å². The fourth-order valence-corrected chi connectivity index (χ4v) is 3.73. The quantitative estimate of drug-likeness (QED) is 0.569. The van der Waals surface area contributed by atoms with E-state index in [1.54, 1.807) is 23.1 Å². The van der Waals surface area contributed by atoms with E-state index in [2.05, 4.69) is 10.1 Å². The van der Waals surface area contributed by atoms with E-state index in [0.29, 0.717) is 10.9 Å². The van der Waals surface area contributed by atoms with Crippen LogP contribution in [0.15, 0.2) is 42.5 Å². The summed E-state index contributed by atoms with van der Waals surface area (Å²) in [6, 6.07) is 12.9. The Morgan fingerprint density at radius 1 is 1.10 bits per heavy atom. The van der Waals surface area contributed by atoms with Crippen molar-refractivity contribution in [2.75, 3.05) is 6.54 Å². The van der Waals surface area contributed by atoms with Gasteiger partial charge in [-0.3, -0.25) is 24.0 Å². The lowest BCUT2D eigenvalue weighted by Gasteiger charge is -2.22. The number of carbonyl (C=O) groups excluding carboxylic acids is 3. The number of benzene rings is 1. The molecule has 0 bridgehead atoms. The molecule has 8 nitrogen and oxygen atoms in total. The largest absolute Gasteiger partial charge is 0.364 e. The molecule has 0 spiro atoms. The average molecular weight is 419 g/mol. The third-order valence-electron chi connectivity index (χ3n) is 5.44. The molecular weight excluding hydrogens is 394 g/mol. The molecule has 31 heavy (non-hydrogen) atoms. The molecule has 3 aromatic rings. The summed E-state index contributed by atoms with van der Waals surface area (Å²) >= 11 is 0. The van der Waals surface area contributed by atoms with Crippen LogP contribution in [0.4, 0.5) is 0 Å². The number of hydrogen-bond donors (Lipinski definition) is 1. The molecule has 2 N–H and O–H groups in total. The minimum atomic E-state index is -0.640. The predicted molar refractivity (Wildman–Crippen MR) is 115 cm³/mol. The first-order valence-corrected chi connectivity index (χ1v) is 10.5. The van der Waals surface area contributed by atoms with Crippen LogP contribution in [0, 0.1) is 0 Å². The number of aryl methyl sites for hydroxylation is 1. The Balaban J connectivity index is 1.49. The molecule has 1 aromatic carbocycles. The average Bonchev–Trinajstić information content (AvgIpc) is 3.54. The van der Waals surface area contributed by atoms with Gasteiger partial charge in [0.1, 0.15) is 6.54 Å². The number of fused-ring (bicyclic) bond motifs is 1. The van der Waals surface area contributed by atoms with Gasteiger partial charge in [0.05, 0.1) is 18.5 Å². The van der Waals surface area contributed by atoms with Crippen molar-refractivity contribution in [2.24, 2.45) is 5.73 Å². The van der Waals surface area contributed by atoms with E-state index < -0.39 is 5.91 Å². The lowest BCUT2D eigenvalue weighted by molar-refractivity contribution is -0.136. The molecule has 1 saturated carbocycles. The number of ketones is 1. The summed E-state index contributed by atoms with van der Waals surface area (Å²) in [5.41, 5.74) is 7.90. The van der Waals surface area contributed by atoms with Crippen LogP contribution in [0.5, 0.6) is 0 Å². The van der Waals surface area contributed by atoms with Gasteiger partial charge in [0, 0.05) is 22.8 Å². The highest BCUT2D eigenvalue weighted by atomic mass is 16.2. The molecule has 0 aliphatic heterocycles. The zero-order valence-electron chi connectivity index (χ0n) is 17.5. The number of para-hydroxylation sites is 1. The number of Topliss-reactive ketones (excluding diaryl/α,β-unsaturated/α-hetero) is 1. The molecule has 2 aromatic heterocycles. The molecular formula is C23H25N5O3. The van der Waals surface area contributed by atoms with Gasteiger partial charge < -0.3 is 10.6 Å². The first-order chi connectivity index (χ1) is 15.0. The van der Waals surface area contributed by atoms with E-state index in [9.17, 15) is 14.4 Å². The van der Waals surface area contributed by atoms with E-state index in [-0.39, 0.29) is 42.9 Å². The van der Waals surface area contributed by atoms with E-state index in [1.807, 2.05) is 31.2 Å². The van der Waals surface area contributed by atoms with E-state index in [1.165, 1.54) is 4.68 Å². The summed E-state index contributed by atoms with van der Waals surface area (Å²) in [7, 11) is 0. The van der Waals surface area contributed by atoms with Crippen molar-refractivity contribution in [3.63, 3.8) is 0 Å². The van der Waals surface area contributed by atoms with Crippen LogP contribution in [0.3, 0.4) is 0 Å². The number of pyridine rings is 1. The maximum Gasteiger partial charge on any atom is 0.269 e. The fourth-order valence-electron chi connectivity index (χ4n) is 3.73. The summed E-state index contributed by atoms with van der Waals surface area (Å²) in [5.74, 6) is -0.891. The molecule has 2 heterocycles. The van der Waals surface area contributed by atoms with Crippen LogP contribution in [-0.2, 0) is 29.0 Å². The molecule has 0 atom stereocenters. The molecule has 0 unspecified atom stereocenters. The van der Waals surface area contributed by atoms with Crippen molar-refractivity contribution in [1.29, 1.82) is 0 Å². The van der Waals surface area contributed by atoms with Crippen molar-refractivity contribution < 1.29 is 14.4 Å². The Kier molecular flexibility index (Phi) is 5.79. The highest BCUT2D eigenvalue weighted by Gasteiger charge is 2.34. The number of rotatable bonds is 9. The summed E-state index contributed by atoms with van der Waals surface area (Å²) in [4.78, 5) is 43.6. The van der Waals surface area contributed by atoms with Crippen molar-refractivity contribution in [3.8, 4) is 0 Å². The second-order valence-electron chi connectivity index (χ2n) is 7.83. The number of nitrogens with two attached hydrogens (primary N) is 1. The minimum Gasteiger partial charge on any atom is -0.364 e. The number of amides is 2. The van der Waals surface area contributed by atoms with Crippen LogP contribution in [-0.4, -0.2) is 49.8 Å². The number of hydrogen-bond acceptors (Lipinski definition) is 5. The fraction of sp³-hybridized carbons (Fsp3) is 0.348. The molecule has 4 rings (SSSR count). The molecule has 2 amide bonds. The molecule has 0 saturated heterocycles. The summed E-state index contributed by atoms with van der Waals surface area (Å²) < 4.78 is 1.49. The smallest absolute Gasteiger partial charge is 0.269 e. The van der Waals surface area contributed by atoms with Crippen LogP contribution in [0.2, 0.25) is 0 Å². The van der Waals surface area contributed by atoms with Crippen molar-refractivity contribution in [2.45, 2.75) is 45.2 Å². The first-order valence-electron chi connectivity index (χ1n) is 10.5. The predicted octanol–water partition coefficient (Wildman–Crippen LogP) is 1.90. The number of aromatic nitrogens is 3. The number of nitrogens with zero attached hydrogens (tertiary/aromatic N) is 4. The summed E-state index contributed by atoms with van der Waals surface area (Å²) in [6.45, 7) is 2.01. The summed E-state index contributed by atoms with van der Waals surface area (Å²) in [5, 5.41) is 4.87. The summed E-state index contributed by atoms with van der Waals surface area (Å²) in [6.07, 6.45) is 2.77. The molecule has 160 valence electrons. The van der Waals surface area contributed by atoms with Gasteiger partial charge in [-0.25, -0.2) is 0 Å². The van der Waals surface area contributed by atoms with E-state index in [0.717, 1.165) is 30.7 Å².